The van der Waals surface area contributed by atoms with Crippen molar-refractivity contribution in [3.05, 3.63) is 69.7 Å². The lowest BCUT2D eigenvalue weighted by atomic mass is 10.1. The third-order valence-electron chi connectivity index (χ3n) is 3.48. The number of para-hydroxylation sites is 1. The molecule has 6 heteroatoms. The van der Waals surface area contributed by atoms with Gasteiger partial charge in [0.1, 0.15) is 0 Å². The molecule has 25 heavy (non-hydrogen) atoms. The largest absolute Gasteiger partial charge is 0.333 e. The summed E-state index contributed by atoms with van der Waals surface area (Å²) in [4.78, 5) is 25.5. The van der Waals surface area contributed by atoms with E-state index in [-0.39, 0.29) is 18.4 Å². The highest BCUT2D eigenvalue weighted by molar-refractivity contribution is 6.39. The van der Waals surface area contributed by atoms with Gasteiger partial charge in [0, 0.05) is 13.1 Å². The summed E-state index contributed by atoms with van der Waals surface area (Å²) in [5, 5.41) is 3.31. The molecule has 0 bridgehead atoms. The molecule has 0 spiro atoms. The van der Waals surface area contributed by atoms with E-state index in [9.17, 15) is 9.59 Å². The number of rotatable bonds is 5. The van der Waals surface area contributed by atoms with Crippen molar-refractivity contribution in [1.82, 2.24) is 4.90 Å². The highest BCUT2D eigenvalue weighted by Gasteiger charge is 2.13. The summed E-state index contributed by atoms with van der Waals surface area (Å²) in [6.45, 7) is 1.88. The van der Waals surface area contributed by atoms with E-state index in [1.807, 2.05) is 31.2 Å². The van der Waals surface area contributed by atoms with Crippen LogP contribution in [-0.4, -0.2) is 30.3 Å². The van der Waals surface area contributed by atoms with Crippen LogP contribution < -0.4 is 5.32 Å². The van der Waals surface area contributed by atoms with Gasteiger partial charge in [-0.15, -0.1) is 0 Å². The molecule has 0 saturated heterocycles. The number of amides is 2. The Hall–Kier alpha value is -2.30. The Morgan fingerprint density at radius 1 is 1.08 bits per heavy atom. The topological polar surface area (TPSA) is 49.4 Å². The van der Waals surface area contributed by atoms with Crippen molar-refractivity contribution in [2.45, 2.75) is 6.92 Å². The average Bonchev–Trinajstić information content (AvgIpc) is 2.57. The lowest BCUT2D eigenvalue weighted by molar-refractivity contribution is -0.129. The summed E-state index contributed by atoms with van der Waals surface area (Å²) in [6.07, 6.45) is 3.14. The first-order valence-corrected chi connectivity index (χ1v) is 8.36. The number of anilines is 1. The van der Waals surface area contributed by atoms with Crippen LogP contribution in [0.25, 0.3) is 6.08 Å². The molecular formula is C19H18Cl2N2O2. The van der Waals surface area contributed by atoms with Crippen molar-refractivity contribution in [1.29, 1.82) is 0 Å². The van der Waals surface area contributed by atoms with E-state index in [1.54, 1.807) is 31.3 Å². The van der Waals surface area contributed by atoms with Crippen molar-refractivity contribution in [2.24, 2.45) is 0 Å². The van der Waals surface area contributed by atoms with Crippen LogP contribution in [0.3, 0.4) is 0 Å². The molecule has 0 unspecified atom stereocenters. The molecule has 0 fully saturated rings. The van der Waals surface area contributed by atoms with Gasteiger partial charge in [0.2, 0.25) is 11.8 Å². The van der Waals surface area contributed by atoms with Gasteiger partial charge in [-0.3, -0.25) is 9.59 Å². The third kappa shape index (κ3) is 5.62. The van der Waals surface area contributed by atoms with Crippen LogP contribution in [0.2, 0.25) is 10.0 Å². The zero-order valence-corrected chi connectivity index (χ0v) is 15.4. The number of likely N-dealkylation sites (N-methyl/N-ethyl adjacent to an activating group) is 1. The molecule has 130 valence electrons. The van der Waals surface area contributed by atoms with E-state index in [1.165, 1.54) is 11.0 Å². The minimum atomic E-state index is -0.380. The molecule has 2 aromatic carbocycles. The number of nitrogens with zero attached hydrogens (tertiary/aromatic N) is 1. The number of carbonyl (C=O) groups is 2. The van der Waals surface area contributed by atoms with Crippen molar-refractivity contribution < 1.29 is 9.59 Å². The van der Waals surface area contributed by atoms with Crippen LogP contribution in [0.5, 0.6) is 0 Å². The van der Waals surface area contributed by atoms with E-state index >= 15 is 0 Å². The van der Waals surface area contributed by atoms with Crippen molar-refractivity contribution in [3.63, 3.8) is 0 Å². The Balaban J connectivity index is 1.94. The van der Waals surface area contributed by atoms with Crippen LogP contribution in [-0.2, 0) is 9.59 Å². The van der Waals surface area contributed by atoms with Crippen molar-refractivity contribution in [3.8, 4) is 0 Å². The van der Waals surface area contributed by atoms with Gasteiger partial charge in [-0.05, 0) is 30.7 Å². The lowest BCUT2D eigenvalue weighted by Gasteiger charge is -2.15. The molecule has 4 nitrogen and oxygen atoms in total. The second kappa shape index (κ2) is 8.70. The first kappa shape index (κ1) is 19.0. The maximum Gasteiger partial charge on any atom is 0.246 e. The Labute approximate surface area is 157 Å². The number of halogens is 2. The van der Waals surface area contributed by atoms with E-state index < -0.39 is 0 Å². The van der Waals surface area contributed by atoms with Gasteiger partial charge in [0.25, 0.3) is 0 Å². The highest BCUT2D eigenvalue weighted by atomic mass is 35.5. The van der Waals surface area contributed by atoms with Crippen LogP contribution >= 0.6 is 23.2 Å². The zero-order chi connectivity index (χ0) is 18.4. The molecule has 1 N–H and O–H groups in total. The van der Waals surface area contributed by atoms with Crippen LogP contribution in [0.4, 0.5) is 5.69 Å². The van der Waals surface area contributed by atoms with E-state index in [4.69, 9.17) is 23.2 Å². The molecule has 0 aliphatic carbocycles. The first-order chi connectivity index (χ1) is 11.9. The Kier molecular flexibility index (Phi) is 6.62. The molecule has 0 radical (unpaired) electrons. The van der Waals surface area contributed by atoms with Gasteiger partial charge in [-0.1, -0.05) is 59.1 Å². The summed E-state index contributed by atoms with van der Waals surface area (Å²) in [5.74, 6) is -0.657. The van der Waals surface area contributed by atoms with Crippen molar-refractivity contribution >= 4 is 46.8 Å². The SMILES string of the molecule is Cc1ccc(/C=C/C(=O)N(C)CC(=O)Nc2c(Cl)cccc2Cl)cc1. The fraction of sp³-hybridized carbons (Fsp3) is 0.158. The molecule has 0 aliphatic heterocycles. The van der Waals surface area contributed by atoms with E-state index in [0.29, 0.717) is 15.7 Å². The normalized spacial score (nSPS) is 10.7. The van der Waals surface area contributed by atoms with Crippen LogP contribution in [0.1, 0.15) is 11.1 Å². The molecular weight excluding hydrogens is 359 g/mol. The van der Waals surface area contributed by atoms with Gasteiger partial charge < -0.3 is 10.2 Å². The molecule has 2 amide bonds. The summed E-state index contributed by atoms with van der Waals surface area (Å²) >= 11 is 12.0. The summed E-state index contributed by atoms with van der Waals surface area (Å²) in [6, 6.07) is 12.7. The smallest absolute Gasteiger partial charge is 0.246 e. The molecule has 2 aromatic rings. The fourth-order valence-electron chi connectivity index (χ4n) is 2.06. The second-order valence-corrected chi connectivity index (χ2v) is 6.40. The number of hydrogen-bond donors (Lipinski definition) is 1. The minimum absolute atomic E-state index is 0.112. The monoisotopic (exact) mass is 376 g/mol. The van der Waals surface area contributed by atoms with Gasteiger partial charge in [-0.25, -0.2) is 0 Å². The first-order valence-electron chi connectivity index (χ1n) is 7.60. The maximum absolute atomic E-state index is 12.1. The number of hydrogen-bond acceptors (Lipinski definition) is 2. The quantitative estimate of drug-likeness (QED) is 0.785. The van der Waals surface area contributed by atoms with Crippen molar-refractivity contribution in [2.75, 3.05) is 18.9 Å². The molecule has 0 heterocycles. The zero-order valence-electron chi connectivity index (χ0n) is 13.9. The van der Waals surface area contributed by atoms with E-state index in [2.05, 4.69) is 5.32 Å². The molecule has 0 aromatic heterocycles. The molecule has 0 aliphatic rings. The number of nitrogens with one attached hydrogen (secondary N) is 1. The standard InChI is InChI=1S/C19H18Cl2N2O2/c1-13-6-8-14(9-7-13)10-11-18(25)23(2)12-17(24)22-19-15(20)4-3-5-16(19)21/h3-11H,12H2,1-2H3,(H,22,24)/b11-10+. The van der Waals surface area contributed by atoms with Gasteiger partial charge in [0.05, 0.1) is 22.3 Å². The van der Waals surface area contributed by atoms with Gasteiger partial charge >= 0.3 is 0 Å². The third-order valence-corrected chi connectivity index (χ3v) is 4.11. The van der Waals surface area contributed by atoms with Crippen LogP contribution in [0, 0.1) is 6.92 Å². The summed E-state index contributed by atoms with van der Waals surface area (Å²) < 4.78 is 0. The lowest BCUT2D eigenvalue weighted by Crippen LogP contribution is -2.34. The predicted molar refractivity (Wildman–Crippen MR) is 103 cm³/mol. The average molecular weight is 377 g/mol. The minimum Gasteiger partial charge on any atom is -0.333 e. The maximum atomic E-state index is 12.1. The summed E-state index contributed by atoms with van der Waals surface area (Å²) in [7, 11) is 1.55. The second-order valence-electron chi connectivity index (χ2n) is 5.58. The fourth-order valence-corrected chi connectivity index (χ4v) is 2.55. The molecule has 2 rings (SSSR count). The Morgan fingerprint density at radius 2 is 1.68 bits per heavy atom. The number of aryl methyl sites for hydroxylation is 1. The molecule has 0 saturated carbocycles. The number of carbonyl (C=O) groups excluding carboxylic acids is 2. The van der Waals surface area contributed by atoms with Crippen LogP contribution in [0.15, 0.2) is 48.5 Å². The number of benzene rings is 2. The Bertz CT molecular complexity index is 781. The van der Waals surface area contributed by atoms with Gasteiger partial charge in [0.15, 0.2) is 0 Å². The predicted octanol–water partition coefficient (Wildman–Crippen LogP) is 4.41. The summed E-state index contributed by atoms with van der Waals surface area (Å²) in [5.41, 5.74) is 2.40. The molecule has 0 atom stereocenters. The Morgan fingerprint density at radius 3 is 2.28 bits per heavy atom. The highest BCUT2D eigenvalue weighted by Crippen LogP contribution is 2.29. The van der Waals surface area contributed by atoms with E-state index in [0.717, 1.165) is 11.1 Å². The van der Waals surface area contributed by atoms with Gasteiger partial charge in [-0.2, -0.15) is 0 Å².